The monoisotopic (exact) mass is 268 g/mol. The van der Waals surface area contributed by atoms with Crippen molar-refractivity contribution in [1.29, 1.82) is 0 Å². The van der Waals surface area contributed by atoms with Crippen LogP contribution < -0.4 is 5.32 Å². The average Bonchev–Trinajstić information content (AvgIpc) is 2.78. The highest BCUT2D eigenvalue weighted by Gasteiger charge is 2.21. The van der Waals surface area contributed by atoms with Crippen molar-refractivity contribution < 1.29 is 4.79 Å². The highest BCUT2D eigenvalue weighted by atomic mass is 16.1. The van der Waals surface area contributed by atoms with Crippen molar-refractivity contribution in [2.45, 2.75) is 39.2 Å². The van der Waals surface area contributed by atoms with Gasteiger partial charge >= 0.3 is 0 Å². The first kappa shape index (κ1) is 13.0. The molecule has 2 N–H and O–H groups in total. The Morgan fingerprint density at radius 2 is 2.00 bits per heavy atom. The van der Waals surface area contributed by atoms with E-state index in [1.54, 1.807) is 0 Å². The molecule has 1 atom stereocenters. The van der Waals surface area contributed by atoms with E-state index in [2.05, 4.69) is 34.6 Å². The van der Waals surface area contributed by atoms with E-state index >= 15 is 0 Å². The number of hydrogen-bond acceptors (Lipinski definition) is 1. The summed E-state index contributed by atoms with van der Waals surface area (Å²) in [6.07, 6.45) is 3.00. The zero-order valence-electron chi connectivity index (χ0n) is 12.0. The van der Waals surface area contributed by atoms with Crippen LogP contribution in [0.3, 0.4) is 0 Å². The van der Waals surface area contributed by atoms with Gasteiger partial charge in [0, 0.05) is 17.4 Å². The summed E-state index contributed by atoms with van der Waals surface area (Å²) < 4.78 is 0. The summed E-state index contributed by atoms with van der Waals surface area (Å²) in [6.45, 7) is 3.92. The smallest absolute Gasteiger partial charge is 0.253 e. The molecule has 3 heteroatoms. The molecule has 3 rings (SSSR count). The summed E-state index contributed by atoms with van der Waals surface area (Å²) >= 11 is 0. The van der Waals surface area contributed by atoms with Crippen molar-refractivity contribution in [3.63, 3.8) is 0 Å². The summed E-state index contributed by atoms with van der Waals surface area (Å²) in [7, 11) is 0. The van der Waals surface area contributed by atoms with Gasteiger partial charge in [-0.3, -0.25) is 4.79 Å². The number of carbonyl (C=O) groups is 1. The quantitative estimate of drug-likeness (QED) is 0.864. The van der Waals surface area contributed by atoms with Crippen LogP contribution in [0.15, 0.2) is 30.3 Å². The first-order valence-corrected chi connectivity index (χ1v) is 7.17. The van der Waals surface area contributed by atoms with Gasteiger partial charge in [0.2, 0.25) is 0 Å². The standard InChI is InChI=1S/C17H20N2O/c1-11-9-16(12(2)18-11)17(20)19-15-8-7-13-5-3-4-6-14(13)10-15/h3-6,9,15,18H,7-8,10H2,1-2H3,(H,19,20)/t15-/m1/s1. The molecule has 1 aliphatic carbocycles. The maximum Gasteiger partial charge on any atom is 0.253 e. The lowest BCUT2D eigenvalue weighted by Gasteiger charge is -2.25. The molecule has 0 unspecified atom stereocenters. The van der Waals surface area contributed by atoms with Crippen molar-refractivity contribution >= 4 is 5.91 Å². The summed E-state index contributed by atoms with van der Waals surface area (Å²) in [5, 5.41) is 3.17. The molecule has 1 aliphatic rings. The second kappa shape index (κ2) is 5.16. The van der Waals surface area contributed by atoms with E-state index in [1.807, 2.05) is 19.9 Å². The predicted molar refractivity (Wildman–Crippen MR) is 80.0 cm³/mol. The van der Waals surface area contributed by atoms with Crippen LogP contribution in [0.25, 0.3) is 0 Å². The second-order valence-electron chi connectivity index (χ2n) is 5.67. The Kier molecular flexibility index (Phi) is 3.35. The third kappa shape index (κ3) is 2.48. The van der Waals surface area contributed by atoms with Crippen LogP contribution in [0.5, 0.6) is 0 Å². The molecule has 0 bridgehead atoms. The number of H-pyrrole nitrogens is 1. The molecule has 1 heterocycles. The Balaban J connectivity index is 1.71. The van der Waals surface area contributed by atoms with E-state index in [0.717, 1.165) is 36.2 Å². The highest BCUT2D eigenvalue weighted by molar-refractivity contribution is 5.95. The molecule has 0 radical (unpaired) electrons. The van der Waals surface area contributed by atoms with Crippen molar-refractivity contribution in [2.75, 3.05) is 0 Å². The highest BCUT2D eigenvalue weighted by Crippen LogP contribution is 2.21. The number of amides is 1. The number of aromatic amines is 1. The van der Waals surface area contributed by atoms with Gasteiger partial charge in [-0.05, 0) is 50.3 Å². The minimum Gasteiger partial charge on any atom is -0.362 e. The zero-order chi connectivity index (χ0) is 14.1. The normalized spacial score (nSPS) is 17.6. The minimum absolute atomic E-state index is 0.0382. The van der Waals surface area contributed by atoms with Crippen LogP contribution in [0, 0.1) is 13.8 Å². The Bertz CT molecular complexity index is 642. The van der Waals surface area contributed by atoms with Crippen molar-refractivity contribution in [3.05, 3.63) is 58.4 Å². The molecule has 0 saturated heterocycles. The van der Waals surface area contributed by atoms with Crippen LogP contribution in [-0.2, 0) is 12.8 Å². The van der Waals surface area contributed by atoms with Gasteiger partial charge in [-0.25, -0.2) is 0 Å². The number of nitrogens with one attached hydrogen (secondary N) is 2. The number of hydrogen-bond donors (Lipinski definition) is 2. The Morgan fingerprint density at radius 1 is 1.25 bits per heavy atom. The minimum atomic E-state index is 0.0382. The Morgan fingerprint density at radius 3 is 2.70 bits per heavy atom. The van der Waals surface area contributed by atoms with E-state index in [0.29, 0.717) is 0 Å². The predicted octanol–water partition coefficient (Wildman–Crippen LogP) is 2.92. The van der Waals surface area contributed by atoms with Crippen LogP contribution in [0.2, 0.25) is 0 Å². The van der Waals surface area contributed by atoms with E-state index in [9.17, 15) is 4.79 Å². The number of fused-ring (bicyclic) bond motifs is 1. The van der Waals surface area contributed by atoms with E-state index in [4.69, 9.17) is 0 Å². The molecule has 0 aliphatic heterocycles. The molecular weight excluding hydrogens is 248 g/mol. The molecular formula is C17H20N2O. The topological polar surface area (TPSA) is 44.9 Å². The molecule has 1 aromatic heterocycles. The fraction of sp³-hybridized carbons (Fsp3) is 0.353. The maximum atomic E-state index is 12.3. The van der Waals surface area contributed by atoms with Crippen LogP contribution in [0.4, 0.5) is 0 Å². The first-order valence-electron chi connectivity index (χ1n) is 7.17. The molecule has 2 aromatic rings. The lowest BCUT2D eigenvalue weighted by atomic mass is 9.88. The maximum absolute atomic E-state index is 12.3. The SMILES string of the molecule is Cc1cc(C(=O)N[C@@H]2CCc3ccccc3C2)c(C)[nH]1. The molecule has 3 nitrogen and oxygen atoms in total. The van der Waals surface area contributed by atoms with Gasteiger partial charge in [-0.15, -0.1) is 0 Å². The van der Waals surface area contributed by atoms with Gasteiger partial charge in [0.1, 0.15) is 0 Å². The fourth-order valence-electron chi connectivity index (χ4n) is 3.04. The molecule has 20 heavy (non-hydrogen) atoms. The van der Waals surface area contributed by atoms with Gasteiger partial charge in [0.05, 0.1) is 5.56 Å². The number of carbonyl (C=O) groups excluding carboxylic acids is 1. The third-order valence-electron chi connectivity index (χ3n) is 4.08. The van der Waals surface area contributed by atoms with E-state index < -0.39 is 0 Å². The summed E-state index contributed by atoms with van der Waals surface area (Å²) in [5.41, 5.74) is 5.52. The second-order valence-corrected chi connectivity index (χ2v) is 5.67. The molecule has 0 spiro atoms. The van der Waals surface area contributed by atoms with Crippen molar-refractivity contribution in [2.24, 2.45) is 0 Å². The van der Waals surface area contributed by atoms with Gasteiger partial charge in [0.25, 0.3) is 5.91 Å². The third-order valence-corrected chi connectivity index (χ3v) is 4.08. The van der Waals surface area contributed by atoms with Crippen LogP contribution >= 0.6 is 0 Å². The van der Waals surface area contributed by atoms with Gasteiger partial charge in [-0.2, -0.15) is 0 Å². The van der Waals surface area contributed by atoms with Crippen molar-refractivity contribution in [3.8, 4) is 0 Å². The van der Waals surface area contributed by atoms with Crippen molar-refractivity contribution in [1.82, 2.24) is 10.3 Å². The average molecular weight is 268 g/mol. The van der Waals surface area contributed by atoms with Gasteiger partial charge < -0.3 is 10.3 Å². The summed E-state index contributed by atoms with van der Waals surface area (Å²) in [5.74, 6) is 0.0382. The lowest BCUT2D eigenvalue weighted by molar-refractivity contribution is 0.0933. The largest absolute Gasteiger partial charge is 0.362 e. The number of rotatable bonds is 2. The molecule has 0 saturated carbocycles. The van der Waals surface area contributed by atoms with Gasteiger partial charge in [0.15, 0.2) is 0 Å². The molecule has 0 fully saturated rings. The number of aromatic nitrogens is 1. The number of aryl methyl sites for hydroxylation is 3. The summed E-state index contributed by atoms with van der Waals surface area (Å²) in [4.78, 5) is 15.5. The van der Waals surface area contributed by atoms with E-state index in [-0.39, 0.29) is 11.9 Å². The number of benzene rings is 1. The first-order chi connectivity index (χ1) is 9.63. The molecule has 104 valence electrons. The van der Waals surface area contributed by atoms with Crippen LogP contribution in [0.1, 0.15) is 39.3 Å². The van der Waals surface area contributed by atoms with E-state index in [1.165, 1.54) is 11.1 Å². The lowest BCUT2D eigenvalue weighted by Crippen LogP contribution is -2.38. The fourth-order valence-corrected chi connectivity index (χ4v) is 3.04. The van der Waals surface area contributed by atoms with Crippen LogP contribution in [-0.4, -0.2) is 16.9 Å². The Labute approximate surface area is 119 Å². The zero-order valence-corrected chi connectivity index (χ0v) is 12.0. The Hall–Kier alpha value is -2.03. The molecule has 1 amide bonds. The summed E-state index contributed by atoms with van der Waals surface area (Å²) in [6, 6.07) is 10.7. The van der Waals surface area contributed by atoms with Gasteiger partial charge in [-0.1, -0.05) is 24.3 Å². The molecule has 1 aromatic carbocycles.